The van der Waals surface area contributed by atoms with Crippen LogP contribution in [0.5, 0.6) is 0 Å². The Kier molecular flexibility index (Phi) is 4.82. The predicted octanol–water partition coefficient (Wildman–Crippen LogP) is 3.42. The average molecular weight is 416 g/mol. The highest BCUT2D eigenvalue weighted by atomic mass is 35.5. The van der Waals surface area contributed by atoms with Crippen LogP contribution in [0.1, 0.15) is 33.2 Å². The summed E-state index contributed by atoms with van der Waals surface area (Å²) >= 11 is 5.89. The predicted molar refractivity (Wildman–Crippen MR) is 110 cm³/mol. The highest BCUT2D eigenvalue weighted by Gasteiger charge is 2.33. The average Bonchev–Trinajstić information content (AvgIpc) is 3.23. The molecule has 3 aromatic heterocycles. The topological polar surface area (TPSA) is 82.2 Å². The maximum Gasteiger partial charge on any atom is 0.410 e. The minimum atomic E-state index is -0.564. The number of amides is 1. The van der Waals surface area contributed by atoms with Crippen LogP contribution in [-0.2, 0) is 4.74 Å². The molecule has 1 aliphatic rings. The second-order valence-corrected chi connectivity index (χ2v) is 8.43. The molecule has 1 saturated heterocycles. The number of aromatic nitrogens is 4. The summed E-state index contributed by atoms with van der Waals surface area (Å²) in [4.78, 5) is 35.9. The van der Waals surface area contributed by atoms with Gasteiger partial charge in [-0.25, -0.2) is 19.6 Å². The molecule has 0 aliphatic carbocycles. The van der Waals surface area contributed by atoms with E-state index in [9.17, 15) is 9.59 Å². The van der Waals surface area contributed by atoms with Crippen molar-refractivity contribution in [2.24, 2.45) is 0 Å². The van der Waals surface area contributed by atoms with Gasteiger partial charge in [0.2, 0.25) is 0 Å². The third kappa shape index (κ3) is 3.72. The van der Waals surface area contributed by atoms with Gasteiger partial charge in [-0.3, -0.25) is 9.13 Å². The normalized spacial score (nSPS) is 17.1. The maximum atomic E-state index is 13.4. The zero-order valence-electron chi connectivity index (χ0n) is 16.5. The molecule has 0 aromatic carbocycles. The Morgan fingerprint density at radius 2 is 2.03 bits per heavy atom. The molecule has 0 bridgehead atoms. The SMILES string of the molecule is CC(C)(C)OC(=O)N1CC[C@@H](n2c(=O)n(-c3ccc(Cl)nc3)c3cccnc32)C1. The summed E-state index contributed by atoms with van der Waals surface area (Å²) in [6, 6.07) is 6.83. The summed E-state index contributed by atoms with van der Waals surface area (Å²) in [6.07, 6.45) is 3.49. The third-order valence-electron chi connectivity index (χ3n) is 4.78. The fourth-order valence-electron chi connectivity index (χ4n) is 3.57. The molecule has 0 radical (unpaired) electrons. The molecule has 1 amide bonds. The van der Waals surface area contributed by atoms with Crippen LogP contribution in [0.2, 0.25) is 5.15 Å². The first-order valence-electron chi connectivity index (χ1n) is 9.42. The number of hydrogen-bond donors (Lipinski definition) is 0. The van der Waals surface area contributed by atoms with Gasteiger partial charge in [-0.1, -0.05) is 11.6 Å². The van der Waals surface area contributed by atoms with E-state index in [0.29, 0.717) is 41.5 Å². The first-order chi connectivity index (χ1) is 13.7. The second kappa shape index (κ2) is 7.18. The molecule has 4 heterocycles. The van der Waals surface area contributed by atoms with Gasteiger partial charge in [-0.15, -0.1) is 0 Å². The lowest BCUT2D eigenvalue weighted by atomic mass is 10.2. The molecule has 4 rings (SSSR count). The minimum absolute atomic E-state index is 0.186. The van der Waals surface area contributed by atoms with Crippen LogP contribution in [0.4, 0.5) is 4.79 Å². The van der Waals surface area contributed by atoms with E-state index in [1.165, 1.54) is 0 Å². The van der Waals surface area contributed by atoms with Crippen molar-refractivity contribution in [2.45, 2.75) is 38.8 Å². The molecule has 152 valence electrons. The number of hydrogen-bond acceptors (Lipinski definition) is 5. The molecule has 1 aliphatic heterocycles. The fourth-order valence-corrected chi connectivity index (χ4v) is 3.69. The van der Waals surface area contributed by atoms with Gasteiger partial charge in [0, 0.05) is 19.3 Å². The second-order valence-electron chi connectivity index (χ2n) is 8.04. The molecule has 0 unspecified atom stereocenters. The lowest BCUT2D eigenvalue weighted by Crippen LogP contribution is -2.36. The summed E-state index contributed by atoms with van der Waals surface area (Å²) < 4.78 is 8.70. The fraction of sp³-hybridized carbons (Fsp3) is 0.400. The van der Waals surface area contributed by atoms with Crippen molar-refractivity contribution in [1.29, 1.82) is 0 Å². The Morgan fingerprint density at radius 3 is 2.72 bits per heavy atom. The van der Waals surface area contributed by atoms with Gasteiger partial charge in [0.15, 0.2) is 5.65 Å². The number of halogens is 1. The molecule has 0 saturated carbocycles. The highest BCUT2D eigenvalue weighted by molar-refractivity contribution is 6.29. The van der Waals surface area contributed by atoms with Crippen LogP contribution in [-0.4, -0.2) is 48.8 Å². The van der Waals surface area contributed by atoms with Crippen LogP contribution >= 0.6 is 11.6 Å². The molecule has 1 fully saturated rings. The number of carbonyl (C=O) groups is 1. The van der Waals surface area contributed by atoms with E-state index in [1.807, 2.05) is 26.8 Å². The zero-order valence-corrected chi connectivity index (χ0v) is 17.3. The van der Waals surface area contributed by atoms with Crippen molar-refractivity contribution < 1.29 is 9.53 Å². The third-order valence-corrected chi connectivity index (χ3v) is 5.01. The highest BCUT2D eigenvalue weighted by Crippen LogP contribution is 2.26. The summed E-state index contributed by atoms with van der Waals surface area (Å²) in [6.45, 7) is 6.42. The van der Waals surface area contributed by atoms with Crippen molar-refractivity contribution in [2.75, 3.05) is 13.1 Å². The molecule has 8 nitrogen and oxygen atoms in total. The number of ether oxygens (including phenoxy) is 1. The summed E-state index contributed by atoms with van der Waals surface area (Å²) in [5.74, 6) is 0. The van der Waals surface area contributed by atoms with E-state index in [-0.39, 0.29) is 17.8 Å². The number of likely N-dealkylation sites (tertiary alicyclic amines) is 1. The van der Waals surface area contributed by atoms with Crippen LogP contribution in [0.25, 0.3) is 16.9 Å². The summed E-state index contributed by atoms with van der Waals surface area (Å²) in [5.41, 5.74) is 1.07. The molecule has 0 spiro atoms. The largest absolute Gasteiger partial charge is 0.444 e. The molecule has 9 heteroatoms. The van der Waals surface area contributed by atoms with Crippen LogP contribution in [0, 0.1) is 0 Å². The van der Waals surface area contributed by atoms with E-state index < -0.39 is 5.60 Å². The Bertz CT molecular complexity index is 1110. The van der Waals surface area contributed by atoms with Gasteiger partial charge in [-0.05, 0) is 51.5 Å². The van der Waals surface area contributed by atoms with Crippen molar-refractivity contribution in [3.63, 3.8) is 0 Å². The van der Waals surface area contributed by atoms with E-state index in [1.54, 1.807) is 44.6 Å². The quantitative estimate of drug-likeness (QED) is 0.599. The van der Waals surface area contributed by atoms with E-state index in [2.05, 4.69) is 9.97 Å². The van der Waals surface area contributed by atoms with E-state index in [0.717, 1.165) is 0 Å². The van der Waals surface area contributed by atoms with Crippen molar-refractivity contribution >= 4 is 28.9 Å². The monoisotopic (exact) mass is 415 g/mol. The maximum absolute atomic E-state index is 13.4. The smallest absolute Gasteiger partial charge is 0.410 e. The Balaban J connectivity index is 1.72. The number of carbonyl (C=O) groups excluding carboxylic acids is 1. The van der Waals surface area contributed by atoms with Gasteiger partial charge in [0.25, 0.3) is 0 Å². The number of rotatable bonds is 2. The Hall–Kier alpha value is -2.87. The van der Waals surface area contributed by atoms with Crippen molar-refractivity contribution in [3.8, 4) is 5.69 Å². The van der Waals surface area contributed by atoms with Crippen LogP contribution in [0.3, 0.4) is 0 Å². The molecule has 0 N–H and O–H groups in total. The first kappa shape index (κ1) is 19.4. The Morgan fingerprint density at radius 1 is 1.24 bits per heavy atom. The van der Waals surface area contributed by atoms with Gasteiger partial charge in [-0.2, -0.15) is 0 Å². The number of nitrogens with zero attached hydrogens (tertiary/aromatic N) is 5. The first-order valence-corrected chi connectivity index (χ1v) is 9.80. The number of imidazole rings is 1. The molecular weight excluding hydrogens is 394 g/mol. The van der Waals surface area contributed by atoms with Crippen molar-refractivity contribution in [1.82, 2.24) is 24.0 Å². The minimum Gasteiger partial charge on any atom is -0.444 e. The van der Waals surface area contributed by atoms with Crippen molar-refractivity contribution in [3.05, 3.63) is 52.3 Å². The van der Waals surface area contributed by atoms with Gasteiger partial charge >= 0.3 is 11.8 Å². The number of fused-ring (bicyclic) bond motifs is 1. The lowest BCUT2D eigenvalue weighted by Gasteiger charge is -2.24. The molecule has 29 heavy (non-hydrogen) atoms. The van der Waals surface area contributed by atoms with Gasteiger partial charge < -0.3 is 9.64 Å². The van der Waals surface area contributed by atoms with E-state index in [4.69, 9.17) is 16.3 Å². The Labute approximate surface area is 172 Å². The lowest BCUT2D eigenvalue weighted by molar-refractivity contribution is 0.0289. The standard InChI is InChI=1S/C20H22ClN5O3/c1-20(2,3)29-19(28)24-10-8-14(12-24)26-17-15(5-4-9-22-17)25(18(26)27)13-6-7-16(21)23-11-13/h4-7,9,11,14H,8,10,12H2,1-3H3/t14-/m1/s1. The molecular formula is C20H22ClN5O3. The number of pyridine rings is 2. The zero-order chi connectivity index (χ0) is 20.8. The molecule has 3 aromatic rings. The molecule has 1 atom stereocenters. The summed E-state index contributed by atoms with van der Waals surface area (Å²) in [5, 5.41) is 0.354. The van der Waals surface area contributed by atoms with Gasteiger partial charge in [0.05, 0.1) is 23.4 Å². The van der Waals surface area contributed by atoms with Crippen LogP contribution in [0.15, 0.2) is 41.5 Å². The van der Waals surface area contributed by atoms with E-state index >= 15 is 0 Å². The van der Waals surface area contributed by atoms with Crippen LogP contribution < -0.4 is 5.69 Å². The van der Waals surface area contributed by atoms with Gasteiger partial charge in [0.1, 0.15) is 10.8 Å². The summed E-state index contributed by atoms with van der Waals surface area (Å²) in [7, 11) is 0.